The fourth-order valence-electron chi connectivity index (χ4n) is 1.00. The van der Waals surface area contributed by atoms with Crippen LogP contribution in [0.4, 0.5) is 13.2 Å². The third kappa shape index (κ3) is 2.56. The van der Waals surface area contributed by atoms with E-state index in [1.54, 1.807) is 0 Å². The van der Waals surface area contributed by atoms with Crippen molar-refractivity contribution in [1.29, 1.82) is 0 Å². The molecule has 0 N–H and O–H groups in total. The highest BCUT2D eigenvalue weighted by Crippen LogP contribution is 2.35. The van der Waals surface area contributed by atoms with Gasteiger partial charge in [-0.25, -0.2) is 21.6 Å². The van der Waals surface area contributed by atoms with E-state index in [-0.39, 0.29) is 0 Å². The van der Waals surface area contributed by atoms with Crippen LogP contribution in [0.15, 0.2) is 17.0 Å². The Morgan fingerprint density at radius 3 is 2.13 bits per heavy atom. The molecule has 2 nitrogen and oxygen atoms in total. The van der Waals surface area contributed by atoms with Gasteiger partial charge in [-0.15, -0.1) is 0 Å². The molecular formula is C7H3Cl2F3O2S. The second-order valence-electron chi connectivity index (χ2n) is 2.51. The van der Waals surface area contributed by atoms with Gasteiger partial charge in [0.2, 0.25) is 0 Å². The number of rotatable bonds is 2. The average molecular weight is 279 g/mol. The molecule has 0 aromatic heterocycles. The van der Waals surface area contributed by atoms with Crippen molar-refractivity contribution >= 4 is 31.3 Å². The minimum Gasteiger partial charge on any atom is -0.207 e. The van der Waals surface area contributed by atoms with Crippen LogP contribution in [-0.2, 0) is 9.05 Å². The Balaban J connectivity index is 3.68. The van der Waals surface area contributed by atoms with Crippen molar-refractivity contribution in [3.63, 3.8) is 0 Å². The lowest BCUT2D eigenvalue weighted by Crippen LogP contribution is -2.03. The van der Waals surface area contributed by atoms with Gasteiger partial charge in [-0.2, -0.15) is 0 Å². The number of alkyl halides is 2. The maximum atomic E-state index is 12.9. The number of benzene rings is 1. The van der Waals surface area contributed by atoms with Gasteiger partial charge in [0, 0.05) is 10.7 Å². The molecule has 0 radical (unpaired) electrons. The molecule has 0 aliphatic rings. The minimum absolute atomic E-state index is 0.540. The van der Waals surface area contributed by atoms with Crippen LogP contribution in [0.3, 0.4) is 0 Å². The molecular weight excluding hydrogens is 276 g/mol. The summed E-state index contributed by atoms with van der Waals surface area (Å²) >= 11 is 5.37. The first-order valence-electron chi connectivity index (χ1n) is 3.46. The normalized spacial score (nSPS) is 12.1. The van der Waals surface area contributed by atoms with Crippen molar-refractivity contribution < 1.29 is 21.6 Å². The van der Waals surface area contributed by atoms with Crippen molar-refractivity contribution in [1.82, 2.24) is 0 Å². The molecule has 84 valence electrons. The van der Waals surface area contributed by atoms with Gasteiger partial charge in [-0.1, -0.05) is 11.6 Å². The summed E-state index contributed by atoms with van der Waals surface area (Å²) in [4.78, 5) is -1.08. The van der Waals surface area contributed by atoms with Crippen LogP contribution in [0.25, 0.3) is 0 Å². The fraction of sp³-hybridized carbons (Fsp3) is 0.143. The van der Waals surface area contributed by atoms with E-state index in [4.69, 9.17) is 22.3 Å². The highest BCUT2D eigenvalue weighted by Gasteiger charge is 2.28. The predicted octanol–water partition coefficient (Wildman–Crippen LogP) is 3.34. The van der Waals surface area contributed by atoms with Gasteiger partial charge < -0.3 is 0 Å². The molecule has 0 aliphatic carbocycles. The first-order chi connectivity index (χ1) is 6.75. The average Bonchev–Trinajstić information content (AvgIpc) is 2.05. The van der Waals surface area contributed by atoms with Crippen LogP contribution < -0.4 is 0 Å². The van der Waals surface area contributed by atoms with E-state index in [0.29, 0.717) is 6.07 Å². The van der Waals surface area contributed by atoms with E-state index in [0.717, 1.165) is 6.07 Å². The van der Waals surface area contributed by atoms with Crippen LogP contribution in [-0.4, -0.2) is 8.42 Å². The highest BCUT2D eigenvalue weighted by molar-refractivity contribution is 8.13. The molecule has 8 heteroatoms. The Kier molecular flexibility index (Phi) is 3.52. The third-order valence-corrected chi connectivity index (χ3v) is 3.37. The Morgan fingerprint density at radius 1 is 1.27 bits per heavy atom. The number of halogens is 5. The van der Waals surface area contributed by atoms with Crippen molar-refractivity contribution in [2.24, 2.45) is 0 Å². The first-order valence-corrected chi connectivity index (χ1v) is 6.14. The van der Waals surface area contributed by atoms with Crippen molar-refractivity contribution in [3.05, 3.63) is 28.5 Å². The maximum absolute atomic E-state index is 12.9. The monoisotopic (exact) mass is 278 g/mol. The maximum Gasteiger partial charge on any atom is 0.268 e. The summed E-state index contributed by atoms with van der Waals surface area (Å²) in [5.74, 6) is -1.37. The van der Waals surface area contributed by atoms with Crippen LogP contribution in [0.2, 0.25) is 5.02 Å². The van der Waals surface area contributed by atoms with E-state index in [1.807, 2.05) is 0 Å². The smallest absolute Gasteiger partial charge is 0.207 e. The molecule has 0 unspecified atom stereocenters. The Labute approximate surface area is 93.0 Å². The molecule has 0 bridgehead atoms. The van der Waals surface area contributed by atoms with E-state index < -0.39 is 36.8 Å². The van der Waals surface area contributed by atoms with E-state index >= 15 is 0 Å². The second kappa shape index (κ2) is 4.19. The summed E-state index contributed by atoms with van der Waals surface area (Å²) in [6.45, 7) is 0. The third-order valence-electron chi connectivity index (χ3n) is 1.56. The van der Waals surface area contributed by atoms with Gasteiger partial charge in [-0.05, 0) is 12.1 Å². The van der Waals surface area contributed by atoms with E-state index in [9.17, 15) is 21.6 Å². The summed E-state index contributed by atoms with van der Waals surface area (Å²) in [6, 6.07) is 1.49. The van der Waals surface area contributed by atoms with Crippen molar-refractivity contribution in [2.45, 2.75) is 11.3 Å². The summed E-state index contributed by atoms with van der Waals surface area (Å²) in [7, 11) is 0.361. The SMILES string of the molecule is O=S(=O)(Cl)c1c(Cl)ccc(F)c1C(F)F. The van der Waals surface area contributed by atoms with Crippen LogP contribution in [0, 0.1) is 5.82 Å². The standard InChI is InChI=1S/C7H3Cl2F3O2S/c8-3-1-2-4(10)5(7(11)12)6(3)15(9,13)14/h1-2,7H. The summed E-state index contributed by atoms with van der Waals surface area (Å²) < 4.78 is 59.5. The molecule has 1 aromatic carbocycles. The lowest BCUT2D eigenvalue weighted by molar-refractivity contribution is 0.142. The van der Waals surface area contributed by atoms with Gasteiger partial charge >= 0.3 is 0 Å². The largest absolute Gasteiger partial charge is 0.268 e. The van der Waals surface area contributed by atoms with Crippen LogP contribution in [0.5, 0.6) is 0 Å². The quantitative estimate of drug-likeness (QED) is 0.778. The van der Waals surface area contributed by atoms with Gasteiger partial charge in [-0.3, -0.25) is 0 Å². The van der Waals surface area contributed by atoms with Gasteiger partial charge in [0.1, 0.15) is 10.7 Å². The molecule has 0 saturated heterocycles. The molecule has 15 heavy (non-hydrogen) atoms. The molecule has 0 aliphatic heterocycles. The second-order valence-corrected chi connectivity index (χ2v) is 5.42. The van der Waals surface area contributed by atoms with Crippen molar-refractivity contribution in [2.75, 3.05) is 0 Å². The van der Waals surface area contributed by atoms with Gasteiger partial charge in [0.05, 0.1) is 10.6 Å². The lowest BCUT2D eigenvalue weighted by Gasteiger charge is -2.08. The van der Waals surface area contributed by atoms with Crippen molar-refractivity contribution in [3.8, 4) is 0 Å². The summed E-state index contributed by atoms with van der Waals surface area (Å²) in [6.07, 6.45) is -3.31. The molecule has 0 amide bonds. The van der Waals surface area contributed by atoms with Crippen LogP contribution >= 0.6 is 22.3 Å². The highest BCUT2D eigenvalue weighted by atomic mass is 35.7. The van der Waals surface area contributed by atoms with E-state index in [2.05, 4.69) is 0 Å². The molecule has 0 spiro atoms. The topological polar surface area (TPSA) is 34.1 Å². The van der Waals surface area contributed by atoms with E-state index in [1.165, 1.54) is 0 Å². The van der Waals surface area contributed by atoms with Gasteiger partial charge in [0.15, 0.2) is 0 Å². The zero-order valence-electron chi connectivity index (χ0n) is 6.85. The fourth-order valence-corrected chi connectivity index (χ4v) is 2.84. The molecule has 1 aromatic rings. The lowest BCUT2D eigenvalue weighted by atomic mass is 10.2. The van der Waals surface area contributed by atoms with Gasteiger partial charge in [0.25, 0.3) is 15.5 Å². The molecule has 0 fully saturated rings. The van der Waals surface area contributed by atoms with Crippen LogP contribution in [0.1, 0.15) is 12.0 Å². The Bertz CT molecular complexity index is 487. The molecule has 0 saturated carbocycles. The minimum atomic E-state index is -4.51. The predicted molar refractivity (Wildman–Crippen MR) is 49.4 cm³/mol. The zero-order chi connectivity index (χ0) is 11.8. The Hall–Kier alpha value is -0.460. The zero-order valence-corrected chi connectivity index (χ0v) is 9.17. The number of hydrogen-bond acceptors (Lipinski definition) is 2. The molecule has 0 atom stereocenters. The summed E-state index contributed by atoms with van der Waals surface area (Å²) in [5, 5.41) is -0.540. The Morgan fingerprint density at radius 2 is 1.80 bits per heavy atom. The molecule has 0 heterocycles. The summed E-state index contributed by atoms with van der Waals surface area (Å²) in [5.41, 5.74) is -1.31. The first kappa shape index (κ1) is 12.6. The molecule has 1 rings (SSSR count). The number of hydrogen-bond donors (Lipinski definition) is 0.